The molecule has 0 unspecified atom stereocenters. The van der Waals surface area contributed by atoms with E-state index in [0.717, 1.165) is 74.1 Å². The third kappa shape index (κ3) is 5.32. The fourth-order valence-corrected chi connectivity index (χ4v) is 5.76. The second-order valence-corrected chi connectivity index (χ2v) is 10.3. The maximum atomic E-state index is 13.9. The molecule has 2 aliphatic rings. The van der Waals surface area contributed by atoms with Crippen molar-refractivity contribution in [2.45, 2.75) is 64.5 Å². The number of alkyl halides is 2. The molecule has 0 atom stereocenters. The number of amides is 2. The summed E-state index contributed by atoms with van der Waals surface area (Å²) < 4.78 is 37.1. The second-order valence-electron chi connectivity index (χ2n) is 10.3. The van der Waals surface area contributed by atoms with E-state index in [1.165, 1.54) is 5.69 Å². The Hall–Kier alpha value is -3.27. The van der Waals surface area contributed by atoms with E-state index in [2.05, 4.69) is 15.1 Å². The molecule has 2 amide bonds. The van der Waals surface area contributed by atoms with Gasteiger partial charge in [0.05, 0.1) is 24.5 Å². The van der Waals surface area contributed by atoms with E-state index in [4.69, 9.17) is 9.84 Å². The summed E-state index contributed by atoms with van der Waals surface area (Å²) in [5.74, 6) is 0. The SMILES string of the molecule is CNC(=O)N1CCc2c(c(CCCc3cc(-c4cnn(C)c4)c(C(F)F)cc3C)nn2C2CCOCC2)C1. The van der Waals surface area contributed by atoms with Gasteiger partial charge >= 0.3 is 6.03 Å². The third-order valence-electron chi connectivity index (χ3n) is 7.83. The molecule has 1 N–H and O–H groups in total. The van der Waals surface area contributed by atoms with Crippen LogP contribution in [0.5, 0.6) is 0 Å². The molecule has 38 heavy (non-hydrogen) atoms. The van der Waals surface area contributed by atoms with Crippen molar-refractivity contribution >= 4 is 6.03 Å². The molecule has 5 rings (SSSR count). The summed E-state index contributed by atoms with van der Waals surface area (Å²) in [4.78, 5) is 14.2. The summed E-state index contributed by atoms with van der Waals surface area (Å²) in [7, 11) is 3.44. The van der Waals surface area contributed by atoms with E-state index >= 15 is 0 Å². The molecule has 0 spiro atoms. The van der Waals surface area contributed by atoms with Crippen LogP contribution in [-0.2, 0) is 37.6 Å². The van der Waals surface area contributed by atoms with Crippen molar-refractivity contribution in [3.8, 4) is 11.1 Å². The first-order valence-electron chi connectivity index (χ1n) is 13.4. The molecular formula is C28H36F2N6O2. The number of ether oxygens (including phenoxy) is 1. The van der Waals surface area contributed by atoms with Crippen molar-refractivity contribution in [3.05, 3.63) is 58.2 Å². The van der Waals surface area contributed by atoms with Gasteiger partial charge in [0, 0.05) is 68.9 Å². The summed E-state index contributed by atoms with van der Waals surface area (Å²) in [5, 5.41) is 12.0. The summed E-state index contributed by atoms with van der Waals surface area (Å²) in [6.45, 7) is 4.62. The maximum Gasteiger partial charge on any atom is 0.317 e. The molecule has 1 fully saturated rings. The number of nitrogens with zero attached hydrogens (tertiary/aromatic N) is 5. The number of benzene rings is 1. The number of aromatic nitrogens is 4. The molecule has 0 saturated carbocycles. The van der Waals surface area contributed by atoms with Crippen LogP contribution >= 0.6 is 0 Å². The molecule has 0 radical (unpaired) electrons. The first-order chi connectivity index (χ1) is 18.4. The minimum Gasteiger partial charge on any atom is -0.381 e. The van der Waals surface area contributed by atoms with E-state index in [9.17, 15) is 13.6 Å². The highest BCUT2D eigenvalue weighted by Gasteiger charge is 2.30. The number of urea groups is 1. The van der Waals surface area contributed by atoms with Crippen molar-refractivity contribution in [1.29, 1.82) is 0 Å². The molecule has 1 saturated heterocycles. The molecule has 2 aliphatic heterocycles. The van der Waals surface area contributed by atoms with Gasteiger partial charge in [0.1, 0.15) is 0 Å². The zero-order chi connectivity index (χ0) is 26.8. The Morgan fingerprint density at radius 1 is 1.24 bits per heavy atom. The monoisotopic (exact) mass is 526 g/mol. The number of hydrogen-bond acceptors (Lipinski definition) is 4. The summed E-state index contributed by atoms with van der Waals surface area (Å²) >= 11 is 0. The molecule has 3 aromatic rings. The lowest BCUT2D eigenvalue weighted by Crippen LogP contribution is -2.41. The van der Waals surface area contributed by atoms with Crippen LogP contribution in [0.2, 0.25) is 0 Å². The Morgan fingerprint density at radius 2 is 2.03 bits per heavy atom. The number of carbonyl (C=O) groups is 1. The van der Waals surface area contributed by atoms with Crippen molar-refractivity contribution in [3.63, 3.8) is 0 Å². The van der Waals surface area contributed by atoms with Crippen molar-refractivity contribution in [1.82, 2.24) is 29.8 Å². The van der Waals surface area contributed by atoms with Crippen molar-refractivity contribution < 1.29 is 18.3 Å². The minimum atomic E-state index is -2.55. The number of fused-ring (bicyclic) bond motifs is 1. The Kier molecular flexibility index (Phi) is 7.78. The molecular weight excluding hydrogens is 490 g/mol. The molecule has 0 bridgehead atoms. The predicted molar refractivity (Wildman–Crippen MR) is 140 cm³/mol. The van der Waals surface area contributed by atoms with Gasteiger partial charge in [0.25, 0.3) is 6.43 Å². The normalized spacial score (nSPS) is 16.2. The molecule has 8 nitrogen and oxygen atoms in total. The molecule has 204 valence electrons. The number of hydrogen-bond donors (Lipinski definition) is 1. The van der Waals surface area contributed by atoms with Gasteiger partial charge < -0.3 is 15.0 Å². The highest BCUT2D eigenvalue weighted by molar-refractivity contribution is 5.74. The van der Waals surface area contributed by atoms with Crippen LogP contribution in [0.15, 0.2) is 24.5 Å². The smallest absolute Gasteiger partial charge is 0.317 e. The van der Waals surface area contributed by atoms with E-state index in [0.29, 0.717) is 30.3 Å². The first-order valence-corrected chi connectivity index (χ1v) is 13.4. The van der Waals surface area contributed by atoms with Gasteiger partial charge in [0.2, 0.25) is 0 Å². The van der Waals surface area contributed by atoms with Crippen LogP contribution in [0.1, 0.15) is 65.4 Å². The number of halogens is 2. The van der Waals surface area contributed by atoms with E-state index < -0.39 is 6.43 Å². The van der Waals surface area contributed by atoms with Crippen LogP contribution in [0.4, 0.5) is 13.6 Å². The lowest BCUT2D eigenvalue weighted by atomic mass is 9.93. The maximum absolute atomic E-state index is 13.9. The van der Waals surface area contributed by atoms with Gasteiger partial charge in [-0.3, -0.25) is 9.36 Å². The zero-order valence-electron chi connectivity index (χ0n) is 22.3. The van der Waals surface area contributed by atoms with Gasteiger partial charge in [-0.1, -0.05) is 6.07 Å². The summed E-state index contributed by atoms with van der Waals surface area (Å²) in [6, 6.07) is 3.77. The summed E-state index contributed by atoms with van der Waals surface area (Å²) in [5.41, 5.74) is 6.63. The molecule has 1 aromatic carbocycles. The van der Waals surface area contributed by atoms with Gasteiger partial charge in [-0.05, 0) is 61.8 Å². The van der Waals surface area contributed by atoms with Gasteiger partial charge in [0.15, 0.2) is 0 Å². The average Bonchev–Trinajstić information content (AvgIpc) is 3.52. The Bertz CT molecular complexity index is 1290. The number of nitrogens with one attached hydrogen (secondary N) is 1. The van der Waals surface area contributed by atoms with Crippen molar-refractivity contribution in [2.24, 2.45) is 7.05 Å². The predicted octanol–water partition coefficient (Wildman–Crippen LogP) is 4.75. The fourth-order valence-electron chi connectivity index (χ4n) is 5.76. The van der Waals surface area contributed by atoms with Crippen LogP contribution in [0.25, 0.3) is 11.1 Å². The van der Waals surface area contributed by atoms with E-state index in [-0.39, 0.29) is 11.6 Å². The van der Waals surface area contributed by atoms with Crippen LogP contribution in [0.3, 0.4) is 0 Å². The third-order valence-corrected chi connectivity index (χ3v) is 7.83. The minimum absolute atomic E-state index is 0.0396. The van der Waals surface area contributed by atoms with Gasteiger partial charge in [-0.25, -0.2) is 13.6 Å². The molecule has 4 heterocycles. The zero-order valence-corrected chi connectivity index (χ0v) is 22.3. The number of carbonyl (C=O) groups excluding carboxylic acids is 1. The topological polar surface area (TPSA) is 77.2 Å². The Morgan fingerprint density at radius 3 is 2.71 bits per heavy atom. The lowest BCUT2D eigenvalue weighted by Gasteiger charge is -2.29. The first kappa shape index (κ1) is 26.3. The molecule has 2 aromatic heterocycles. The largest absolute Gasteiger partial charge is 0.381 e. The second kappa shape index (κ2) is 11.2. The van der Waals surface area contributed by atoms with E-state index in [1.807, 2.05) is 17.9 Å². The standard InChI is InChI=1S/C28H36F2N6O2/c1-18-13-23(27(29)30)22(20-15-32-34(3)16-20)14-19(18)5-4-6-25-24-17-35(28(37)31-2)10-7-26(24)36(33-25)21-8-11-38-12-9-21/h13-16,21,27H,4-12,17H2,1-3H3,(H,31,37). The highest BCUT2D eigenvalue weighted by atomic mass is 19.3. The van der Waals surface area contributed by atoms with Crippen LogP contribution < -0.4 is 5.32 Å². The lowest BCUT2D eigenvalue weighted by molar-refractivity contribution is 0.0650. The number of aryl methyl sites for hydroxylation is 4. The van der Waals surface area contributed by atoms with Crippen LogP contribution in [-0.4, -0.2) is 57.3 Å². The van der Waals surface area contributed by atoms with Gasteiger partial charge in [-0.15, -0.1) is 0 Å². The Labute approximate surface area is 222 Å². The average molecular weight is 527 g/mol. The quantitative estimate of drug-likeness (QED) is 0.482. The van der Waals surface area contributed by atoms with Crippen LogP contribution in [0, 0.1) is 6.92 Å². The van der Waals surface area contributed by atoms with Gasteiger partial charge in [-0.2, -0.15) is 10.2 Å². The fraction of sp³-hybridized carbons (Fsp3) is 0.536. The Balaban J connectivity index is 1.38. The molecule has 10 heteroatoms. The van der Waals surface area contributed by atoms with E-state index in [1.54, 1.807) is 37.2 Å². The number of rotatable bonds is 7. The summed E-state index contributed by atoms with van der Waals surface area (Å²) in [6.07, 6.45) is 5.87. The highest BCUT2D eigenvalue weighted by Crippen LogP contribution is 2.34. The molecule has 0 aliphatic carbocycles. The van der Waals surface area contributed by atoms with Crippen molar-refractivity contribution in [2.75, 3.05) is 26.8 Å².